The van der Waals surface area contributed by atoms with Crippen LogP contribution in [0.25, 0.3) is 0 Å². The number of ether oxygens (including phenoxy) is 1. The number of nitrogens with two attached hydrogens (primary N) is 1. The standard InChI is InChI=1S/C25H24ClF2N5O3S/c1-36-16-11-33(12-16)21(34)6-7-24-9-20(24)25(13-27,32-23(29)37-24)17-8-15(3-4-18(17)28)31-22(35)19-5-2-14(26)10-30-19/h2-8,10,16,20H,9,11-13H2,1H3,(H2,29,32)(H,31,35)/t20-,24+,25-/m1/s1. The number of benzene rings is 1. The van der Waals surface area contributed by atoms with Gasteiger partial charge < -0.3 is 20.7 Å². The normalized spacial score (nSPS) is 26.9. The summed E-state index contributed by atoms with van der Waals surface area (Å²) in [7, 11) is 1.60. The van der Waals surface area contributed by atoms with Crippen LogP contribution in [-0.4, -0.2) is 64.6 Å². The van der Waals surface area contributed by atoms with E-state index in [-0.39, 0.29) is 34.1 Å². The van der Waals surface area contributed by atoms with Gasteiger partial charge in [-0.25, -0.2) is 18.8 Å². The Kier molecular flexibility index (Phi) is 6.71. The molecule has 1 aliphatic carbocycles. The Bertz CT molecular complexity index is 1300. The number of aromatic nitrogens is 1. The van der Waals surface area contributed by atoms with Crippen molar-refractivity contribution in [2.75, 3.05) is 32.2 Å². The molecule has 0 spiro atoms. The zero-order valence-corrected chi connectivity index (χ0v) is 21.4. The van der Waals surface area contributed by atoms with Crippen LogP contribution in [0.5, 0.6) is 0 Å². The van der Waals surface area contributed by atoms with E-state index in [0.29, 0.717) is 24.5 Å². The van der Waals surface area contributed by atoms with Crippen LogP contribution >= 0.6 is 23.4 Å². The molecule has 0 radical (unpaired) electrons. The van der Waals surface area contributed by atoms with Gasteiger partial charge in [-0.3, -0.25) is 9.59 Å². The third-order valence-corrected chi connectivity index (χ3v) is 8.48. The quantitative estimate of drug-likeness (QED) is 0.513. The lowest BCUT2D eigenvalue weighted by Crippen LogP contribution is -2.53. The van der Waals surface area contributed by atoms with Crippen molar-refractivity contribution >= 4 is 46.0 Å². The molecule has 3 atom stereocenters. The number of aliphatic imine (C=N–C) groups is 1. The number of halogens is 3. The van der Waals surface area contributed by atoms with E-state index in [1.54, 1.807) is 18.1 Å². The number of likely N-dealkylation sites (tertiary alicyclic amines) is 1. The number of rotatable bonds is 7. The van der Waals surface area contributed by atoms with Crippen molar-refractivity contribution < 1.29 is 23.1 Å². The number of fused-ring (bicyclic) bond motifs is 1. The Morgan fingerprint density at radius 2 is 2.14 bits per heavy atom. The molecule has 0 unspecified atom stereocenters. The van der Waals surface area contributed by atoms with Crippen LogP contribution in [0.1, 0.15) is 22.5 Å². The lowest BCUT2D eigenvalue weighted by Gasteiger charge is -2.37. The van der Waals surface area contributed by atoms with E-state index in [9.17, 15) is 14.0 Å². The second-order valence-corrected chi connectivity index (χ2v) is 11.1. The minimum Gasteiger partial charge on any atom is -0.378 e. The zero-order valence-electron chi connectivity index (χ0n) is 19.8. The molecule has 2 amide bonds. The highest BCUT2D eigenvalue weighted by Gasteiger charge is 2.67. The summed E-state index contributed by atoms with van der Waals surface area (Å²) in [6, 6.07) is 6.89. The maximum Gasteiger partial charge on any atom is 0.274 e. The first-order valence-electron chi connectivity index (χ1n) is 11.5. The van der Waals surface area contributed by atoms with E-state index in [0.717, 1.165) is 6.07 Å². The highest BCUT2D eigenvalue weighted by molar-refractivity contribution is 8.15. The summed E-state index contributed by atoms with van der Waals surface area (Å²) in [6.45, 7) is 0.0181. The number of nitrogens with zero attached hydrogens (tertiary/aromatic N) is 3. The molecule has 1 saturated heterocycles. The maximum absolute atomic E-state index is 15.2. The first-order chi connectivity index (χ1) is 17.7. The van der Waals surface area contributed by atoms with Gasteiger partial charge in [0.15, 0.2) is 5.17 Å². The largest absolute Gasteiger partial charge is 0.378 e. The number of methoxy groups -OCH3 is 1. The third kappa shape index (κ3) is 4.71. The minimum atomic E-state index is -1.59. The van der Waals surface area contributed by atoms with Gasteiger partial charge in [-0.2, -0.15) is 0 Å². The summed E-state index contributed by atoms with van der Waals surface area (Å²) in [5.74, 6) is -1.81. The Morgan fingerprint density at radius 1 is 1.35 bits per heavy atom. The zero-order chi connectivity index (χ0) is 26.4. The van der Waals surface area contributed by atoms with Crippen LogP contribution in [-0.2, 0) is 15.1 Å². The molecule has 2 fully saturated rings. The van der Waals surface area contributed by atoms with Crippen LogP contribution in [0, 0.1) is 11.7 Å². The fraction of sp³-hybridized carbons (Fsp3) is 0.360. The second-order valence-electron chi connectivity index (χ2n) is 9.27. The van der Waals surface area contributed by atoms with E-state index < -0.39 is 34.6 Å². The van der Waals surface area contributed by atoms with E-state index in [4.69, 9.17) is 22.1 Å². The fourth-order valence-electron chi connectivity index (χ4n) is 4.82. The molecule has 12 heteroatoms. The number of amidine groups is 1. The van der Waals surface area contributed by atoms with Crippen molar-refractivity contribution in [2.24, 2.45) is 16.6 Å². The van der Waals surface area contributed by atoms with E-state index >= 15 is 4.39 Å². The summed E-state index contributed by atoms with van der Waals surface area (Å²) in [6.07, 6.45) is 5.02. The first-order valence-corrected chi connectivity index (χ1v) is 12.7. The highest BCUT2D eigenvalue weighted by Crippen LogP contribution is 2.67. The van der Waals surface area contributed by atoms with Gasteiger partial charge in [0.2, 0.25) is 5.91 Å². The molecule has 8 nitrogen and oxygen atoms in total. The van der Waals surface area contributed by atoms with Gasteiger partial charge in [-0.05, 0) is 36.8 Å². The molecule has 1 aromatic carbocycles. The number of hydrogen-bond acceptors (Lipinski definition) is 7. The topological polar surface area (TPSA) is 110 Å². The lowest BCUT2D eigenvalue weighted by molar-refractivity contribution is -0.137. The van der Waals surface area contributed by atoms with Gasteiger partial charge in [0.05, 0.1) is 11.1 Å². The number of alkyl halides is 1. The van der Waals surface area contributed by atoms with Crippen LogP contribution < -0.4 is 11.1 Å². The van der Waals surface area contributed by atoms with E-state index in [1.165, 1.54) is 48.3 Å². The van der Waals surface area contributed by atoms with Crippen LogP contribution in [0.4, 0.5) is 14.5 Å². The summed E-state index contributed by atoms with van der Waals surface area (Å²) in [4.78, 5) is 35.1. The predicted octanol–water partition coefficient (Wildman–Crippen LogP) is 3.52. The molecule has 1 aromatic heterocycles. The van der Waals surface area contributed by atoms with Crippen molar-refractivity contribution in [3.8, 4) is 0 Å². The Labute approximate surface area is 221 Å². The summed E-state index contributed by atoms with van der Waals surface area (Å²) >= 11 is 7.07. The number of carbonyl (C=O) groups excluding carboxylic acids is 2. The second kappa shape index (κ2) is 9.70. The lowest BCUT2D eigenvalue weighted by atomic mass is 9.84. The van der Waals surface area contributed by atoms with E-state index in [1.807, 2.05) is 0 Å². The molecule has 3 N–H and O–H groups in total. The molecule has 1 saturated carbocycles. The maximum atomic E-state index is 15.2. The Balaban J connectivity index is 1.40. The molecule has 2 aromatic rings. The van der Waals surface area contributed by atoms with Crippen LogP contribution in [0.15, 0.2) is 53.7 Å². The molecular formula is C25H24ClF2N5O3S. The van der Waals surface area contributed by atoms with Crippen LogP contribution in [0.2, 0.25) is 5.02 Å². The van der Waals surface area contributed by atoms with Crippen molar-refractivity contribution in [1.29, 1.82) is 0 Å². The number of anilines is 1. The molecule has 0 bridgehead atoms. The molecule has 194 valence electrons. The predicted molar refractivity (Wildman–Crippen MR) is 138 cm³/mol. The molecule has 2 aliphatic heterocycles. The monoisotopic (exact) mass is 547 g/mol. The average molecular weight is 548 g/mol. The van der Waals surface area contributed by atoms with Crippen molar-refractivity contribution in [3.05, 3.63) is 70.8 Å². The molecule has 37 heavy (non-hydrogen) atoms. The third-order valence-electron chi connectivity index (χ3n) is 6.99. The van der Waals surface area contributed by atoms with Crippen molar-refractivity contribution in [2.45, 2.75) is 22.8 Å². The Morgan fingerprint density at radius 3 is 2.81 bits per heavy atom. The number of hydrogen-bond donors (Lipinski definition) is 2. The van der Waals surface area contributed by atoms with Gasteiger partial charge in [-0.1, -0.05) is 29.4 Å². The van der Waals surface area contributed by atoms with Gasteiger partial charge >= 0.3 is 0 Å². The summed E-state index contributed by atoms with van der Waals surface area (Å²) in [5, 5.41) is 3.14. The van der Waals surface area contributed by atoms with Gasteiger partial charge in [0, 0.05) is 54.4 Å². The smallest absolute Gasteiger partial charge is 0.274 e. The minimum absolute atomic E-state index is 0.0163. The van der Waals surface area contributed by atoms with Gasteiger partial charge in [-0.15, -0.1) is 0 Å². The number of pyridine rings is 1. The number of amides is 2. The molecule has 5 rings (SSSR count). The van der Waals surface area contributed by atoms with Gasteiger partial charge in [0.25, 0.3) is 5.91 Å². The van der Waals surface area contributed by atoms with Crippen molar-refractivity contribution in [3.63, 3.8) is 0 Å². The summed E-state index contributed by atoms with van der Waals surface area (Å²) < 4.78 is 34.5. The first kappa shape index (κ1) is 25.6. The highest BCUT2D eigenvalue weighted by atomic mass is 35.5. The SMILES string of the molecule is COC1CN(C(=O)C=C[C@]23C[C@H]2[C@@](CF)(c2cc(NC(=O)c4ccc(Cl)cn4)ccc2F)N=C(N)S3)C1. The van der Waals surface area contributed by atoms with Crippen LogP contribution in [0.3, 0.4) is 0 Å². The molecule has 3 aliphatic rings. The average Bonchev–Trinajstić information content (AvgIpc) is 3.58. The molecule has 3 heterocycles. The van der Waals surface area contributed by atoms with Gasteiger partial charge in [0.1, 0.15) is 23.7 Å². The van der Waals surface area contributed by atoms with Crippen molar-refractivity contribution in [1.82, 2.24) is 9.88 Å². The number of thioether (sulfide) groups is 1. The number of carbonyl (C=O) groups is 2. The Hall–Kier alpha value is -3.02. The fourth-order valence-corrected chi connectivity index (χ4v) is 6.26. The van der Waals surface area contributed by atoms with E-state index in [2.05, 4.69) is 15.3 Å². The molecular weight excluding hydrogens is 524 g/mol. The number of nitrogens with one attached hydrogen (secondary N) is 1. The summed E-state index contributed by atoms with van der Waals surface area (Å²) in [5.41, 5.74) is 4.87.